The van der Waals surface area contributed by atoms with Crippen molar-refractivity contribution < 1.29 is 18.7 Å². The molecule has 1 heterocycles. The van der Waals surface area contributed by atoms with Crippen molar-refractivity contribution >= 4 is 12.0 Å². The number of aromatic nitrogens is 2. The third-order valence-electron chi connectivity index (χ3n) is 5.74. The van der Waals surface area contributed by atoms with Crippen LogP contribution in [-0.4, -0.2) is 28.2 Å². The molecular weight excluding hydrogens is 445 g/mol. The van der Waals surface area contributed by atoms with Crippen molar-refractivity contribution in [2.45, 2.75) is 25.3 Å². The molecule has 4 aromatic rings. The number of imide groups is 1. The molecule has 0 aliphatic rings. The Morgan fingerprint density at radius 3 is 1.83 bits per heavy atom. The third kappa shape index (κ3) is 5.14. The molecule has 0 unspecified atom stereocenters. The van der Waals surface area contributed by atoms with Crippen molar-refractivity contribution in [2.24, 2.45) is 0 Å². The number of carbonyl (C=O) groups is 2. The number of ether oxygens (including phenoxy) is 1. The largest absolute Gasteiger partial charge is 0.449 e. The second kappa shape index (κ2) is 10.8. The number of hydrogen-bond acceptors (Lipinski definition) is 4. The fraction of sp³-hybridized carbons (Fsp3) is 0.179. The fourth-order valence-electron chi connectivity index (χ4n) is 4.31. The Balaban J connectivity index is 1.74. The van der Waals surface area contributed by atoms with Crippen LogP contribution in [0.5, 0.6) is 0 Å². The highest BCUT2D eigenvalue weighted by Gasteiger charge is 2.40. The summed E-state index contributed by atoms with van der Waals surface area (Å²) < 4.78 is 22.2. The van der Waals surface area contributed by atoms with E-state index in [2.05, 4.69) is 4.98 Å². The first kappa shape index (κ1) is 23.9. The lowest BCUT2D eigenvalue weighted by Gasteiger charge is -2.37. The highest BCUT2D eigenvalue weighted by Crippen LogP contribution is 2.41. The number of halogens is 1. The van der Waals surface area contributed by atoms with Gasteiger partial charge < -0.3 is 4.74 Å². The lowest BCUT2D eigenvalue weighted by atomic mass is 9.76. The zero-order valence-electron chi connectivity index (χ0n) is 19.4. The summed E-state index contributed by atoms with van der Waals surface area (Å²) in [5.41, 5.74) is 2.22. The molecule has 1 aromatic heterocycles. The van der Waals surface area contributed by atoms with Gasteiger partial charge in [-0.1, -0.05) is 91.0 Å². The van der Waals surface area contributed by atoms with Crippen LogP contribution in [0, 0.1) is 6.08 Å². The van der Waals surface area contributed by atoms with Crippen LogP contribution in [-0.2, 0) is 21.5 Å². The Bertz CT molecular complexity index is 1180. The summed E-state index contributed by atoms with van der Waals surface area (Å²) in [6, 6.07) is 29.4. The molecular formula is C28H26FN3O3. The van der Waals surface area contributed by atoms with Crippen molar-refractivity contribution in [1.29, 1.82) is 0 Å². The Hall–Kier alpha value is -4.26. The standard InChI is InChI=1S/C28H26FN3O3/c1-21(33)30-27(34)35-19-11-18-25-20-32(26(29)31-25)28(22-12-5-2-6-13-22,23-14-7-3-8-15-23)24-16-9-4-10-17-24/h2-10,12-17,20H,11,18-19H2,1H3,(H,30,33,34). The van der Waals surface area contributed by atoms with Gasteiger partial charge in [-0.3, -0.25) is 14.7 Å². The average molecular weight is 472 g/mol. The molecule has 0 aliphatic carbocycles. The van der Waals surface area contributed by atoms with Crippen LogP contribution in [0.3, 0.4) is 0 Å². The third-order valence-corrected chi connectivity index (χ3v) is 5.74. The van der Waals surface area contributed by atoms with Crippen molar-refractivity contribution in [3.63, 3.8) is 0 Å². The Kier molecular flexibility index (Phi) is 7.35. The van der Waals surface area contributed by atoms with E-state index in [1.165, 1.54) is 6.92 Å². The number of aryl methyl sites for hydroxylation is 1. The van der Waals surface area contributed by atoms with E-state index < -0.39 is 23.6 Å². The first-order valence-electron chi connectivity index (χ1n) is 11.4. The minimum absolute atomic E-state index is 0.0782. The van der Waals surface area contributed by atoms with Gasteiger partial charge in [-0.25, -0.2) is 9.78 Å². The van der Waals surface area contributed by atoms with Gasteiger partial charge in [0.25, 0.3) is 6.08 Å². The SMILES string of the molecule is CC(=O)NC(=O)OCCCc1cn(C(c2ccccc2)(c2ccccc2)c2ccccc2)c(F)n1. The number of benzene rings is 3. The smallest absolute Gasteiger partial charge is 0.413 e. The van der Waals surface area contributed by atoms with Crippen LogP contribution < -0.4 is 5.32 Å². The number of rotatable bonds is 8. The van der Waals surface area contributed by atoms with Crippen molar-refractivity contribution in [3.8, 4) is 0 Å². The zero-order valence-corrected chi connectivity index (χ0v) is 19.4. The minimum Gasteiger partial charge on any atom is -0.449 e. The Morgan fingerprint density at radius 2 is 1.37 bits per heavy atom. The molecule has 0 spiro atoms. The van der Waals surface area contributed by atoms with E-state index in [9.17, 15) is 9.59 Å². The monoisotopic (exact) mass is 471 g/mol. The molecule has 3 aromatic carbocycles. The van der Waals surface area contributed by atoms with E-state index >= 15 is 4.39 Å². The van der Waals surface area contributed by atoms with Crippen LogP contribution in [0.15, 0.2) is 97.2 Å². The van der Waals surface area contributed by atoms with Crippen LogP contribution in [0.2, 0.25) is 0 Å². The van der Waals surface area contributed by atoms with Gasteiger partial charge in [-0.2, -0.15) is 4.39 Å². The van der Waals surface area contributed by atoms with E-state index in [0.717, 1.165) is 16.7 Å². The summed E-state index contributed by atoms with van der Waals surface area (Å²) in [6.07, 6.45) is 1.12. The molecule has 0 fully saturated rings. The maximum absolute atomic E-state index is 15.7. The van der Waals surface area contributed by atoms with Gasteiger partial charge >= 0.3 is 6.09 Å². The predicted octanol–water partition coefficient (Wildman–Crippen LogP) is 5.07. The lowest BCUT2D eigenvalue weighted by molar-refractivity contribution is -0.118. The van der Waals surface area contributed by atoms with E-state index in [4.69, 9.17) is 4.74 Å². The molecule has 0 aliphatic heterocycles. The maximum Gasteiger partial charge on any atom is 0.413 e. The van der Waals surface area contributed by atoms with Crippen molar-refractivity contribution in [2.75, 3.05) is 6.61 Å². The maximum atomic E-state index is 15.7. The molecule has 1 N–H and O–H groups in total. The molecule has 178 valence electrons. The summed E-state index contributed by atoms with van der Waals surface area (Å²) in [4.78, 5) is 26.6. The lowest BCUT2D eigenvalue weighted by Crippen LogP contribution is -2.38. The van der Waals surface area contributed by atoms with Crippen LogP contribution in [0.4, 0.5) is 9.18 Å². The summed E-state index contributed by atoms with van der Waals surface area (Å²) >= 11 is 0. The topological polar surface area (TPSA) is 73.2 Å². The quantitative estimate of drug-likeness (QED) is 0.288. The van der Waals surface area contributed by atoms with Crippen molar-refractivity contribution in [1.82, 2.24) is 14.9 Å². The van der Waals surface area contributed by atoms with Crippen molar-refractivity contribution in [3.05, 3.63) is 126 Å². The number of hydrogen-bond donors (Lipinski definition) is 1. The summed E-state index contributed by atoms with van der Waals surface area (Å²) in [5.74, 6) is -0.491. The number of amides is 2. The van der Waals surface area contributed by atoms with Crippen LogP contribution in [0.1, 0.15) is 35.7 Å². The molecule has 0 saturated carbocycles. The summed E-state index contributed by atoms with van der Waals surface area (Å²) in [7, 11) is 0. The molecule has 35 heavy (non-hydrogen) atoms. The van der Waals surface area contributed by atoms with Gasteiger partial charge in [0, 0.05) is 13.1 Å². The van der Waals surface area contributed by atoms with Gasteiger partial charge in [0.05, 0.1) is 12.3 Å². The van der Waals surface area contributed by atoms with Crippen LogP contribution >= 0.6 is 0 Å². The van der Waals surface area contributed by atoms with E-state index in [0.29, 0.717) is 18.5 Å². The molecule has 0 atom stereocenters. The van der Waals surface area contributed by atoms with E-state index in [1.54, 1.807) is 10.8 Å². The van der Waals surface area contributed by atoms with E-state index in [1.807, 2.05) is 96.3 Å². The fourth-order valence-corrected chi connectivity index (χ4v) is 4.31. The van der Waals surface area contributed by atoms with Gasteiger partial charge in [0.15, 0.2) is 0 Å². The summed E-state index contributed by atoms with van der Waals surface area (Å²) in [5, 5.41) is 2.05. The number of nitrogens with one attached hydrogen (secondary N) is 1. The van der Waals surface area contributed by atoms with E-state index in [-0.39, 0.29) is 6.61 Å². The molecule has 2 amide bonds. The molecule has 0 saturated heterocycles. The second-order valence-corrected chi connectivity index (χ2v) is 8.10. The normalized spacial score (nSPS) is 11.1. The Labute approximate surface area is 203 Å². The number of imidazole rings is 1. The predicted molar refractivity (Wildman–Crippen MR) is 130 cm³/mol. The highest BCUT2D eigenvalue weighted by atomic mass is 19.1. The first-order valence-corrected chi connectivity index (χ1v) is 11.4. The van der Waals surface area contributed by atoms with Gasteiger partial charge in [-0.15, -0.1) is 0 Å². The van der Waals surface area contributed by atoms with Gasteiger partial charge in [0.1, 0.15) is 5.54 Å². The van der Waals surface area contributed by atoms with Gasteiger partial charge in [0.2, 0.25) is 5.91 Å². The number of nitrogens with zero attached hydrogens (tertiary/aromatic N) is 2. The molecule has 7 heteroatoms. The first-order chi connectivity index (χ1) is 17.0. The molecule has 0 bridgehead atoms. The van der Waals surface area contributed by atoms with Crippen LogP contribution in [0.25, 0.3) is 0 Å². The molecule has 0 radical (unpaired) electrons. The second-order valence-electron chi connectivity index (χ2n) is 8.10. The number of carbonyl (C=O) groups excluding carboxylic acids is 2. The molecule has 6 nitrogen and oxygen atoms in total. The Morgan fingerprint density at radius 1 is 0.886 bits per heavy atom. The minimum atomic E-state index is -0.989. The zero-order chi connectivity index (χ0) is 24.7. The number of alkyl carbamates (subject to hydrolysis) is 1. The molecule has 4 rings (SSSR count). The highest BCUT2D eigenvalue weighted by molar-refractivity contribution is 5.90. The van der Waals surface area contributed by atoms with Gasteiger partial charge in [-0.05, 0) is 29.5 Å². The summed E-state index contributed by atoms with van der Waals surface area (Å²) in [6.45, 7) is 1.31. The average Bonchev–Trinajstić information content (AvgIpc) is 3.24.